The normalized spacial score (nSPS) is 10.3. The predicted molar refractivity (Wildman–Crippen MR) is 92.4 cm³/mol. The van der Waals surface area contributed by atoms with Crippen molar-refractivity contribution in [2.75, 3.05) is 21.3 Å². The average Bonchev–Trinajstić information content (AvgIpc) is 2.99. The van der Waals surface area contributed by atoms with Gasteiger partial charge in [-0.3, -0.25) is 4.79 Å². The number of amides is 1. The Labute approximate surface area is 141 Å². The molecule has 21 heavy (non-hydrogen) atoms. The van der Waals surface area contributed by atoms with Crippen molar-refractivity contribution in [2.45, 2.75) is 6.54 Å². The molecular weight excluding hydrogens is 401 g/mol. The molecule has 0 aliphatic rings. The highest BCUT2D eigenvalue weighted by molar-refractivity contribution is 14.1. The molecule has 0 saturated carbocycles. The maximum atomic E-state index is 12.6. The summed E-state index contributed by atoms with van der Waals surface area (Å²) in [6, 6.07) is 7.55. The molecule has 4 nitrogen and oxygen atoms in total. The zero-order valence-corrected chi connectivity index (χ0v) is 15.0. The third-order valence-corrected chi connectivity index (χ3v) is 4.78. The number of rotatable bonds is 5. The molecule has 0 radical (unpaired) electrons. The fourth-order valence-electron chi connectivity index (χ4n) is 1.93. The largest absolute Gasteiger partial charge is 0.493 e. The van der Waals surface area contributed by atoms with Crippen molar-refractivity contribution >= 4 is 39.8 Å². The lowest BCUT2D eigenvalue weighted by atomic mass is 10.1. The highest BCUT2D eigenvalue weighted by atomic mass is 127. The monoisotopic (exact) mass is 417 g/mol. The van der Waals surface area contributed by atoms with Crippen LogP contribution in [-0.4, -0.2) is 32.1 Å². The number of carbonyl (C=O) groups excluding carboxylic acids is 1. The molecule has 0 atom stereocenters. The minimum absolute atomic E-state index is 0.0336. The molecule has 0 spiro atoms. The fraction of sp³-hybridized carbons (Fsp3) is 0.267. The molecule has 0 N–H and O–H groups in total. The van der Waals surface area contributed by atoms with Gasteiger partial charge in [0.2, 0.25) is 0 Å². The SMILES string of the molecule is COc1cc(I)c(C(=O)N(C)Cc2cccs2)cc1OC. The van der Waals surface area contributed by atoms with E-state index in [1.165, 1.54) is 0 Å². The molecule has 1 heterocycles. The summed E-state index contributed by atoms with van der Waals surface area (Å²) in [5.41, 5.74) is 0.618. The summed E-state index contributed by atoms with van der Waals surface area (Å²) >= 11 is 3.78. The number of carbonyl (C=O) groups is 1. The van der Waals surface area contributed by atoms with Gasteiger partial charge in [-0.25, -0.2) is 0 Å². The molecule has 0 unspecified atom stereocenters. The van der Waals surface area contributed by atoms with Crippen LogP contribution in [-0.2, 0) is 6.54 Å². The number of thiophene rings is 1. The van der Waals surface area contributed by atoms with Crippen LogP contribution in [0.1, 0.15) is 15.2 Å². The molecular formula is C15H16INO3S. The Morgan fingerprint density at radius 1 is 1.29 bits per heavy atom. The van der Waals surface area contributed by atoms with Gasteiger partial charge in [0.1, 0.15) is 0 Å². The van der Waals surface area contributed by atoms with E-state index in [2.05, 4.69) is 22.6 Å². The highest BCUT2D eigenvalue weighted by Gasteiger charge is 2.19. The van der Waals surface area contributed by atoms with E-state index in [-0.39, 0.29) is 5.91 Å². The van der Waals surface area contributed by atoms with Gasteiger partial charge in [0.05, 0.1) is 26.3 Å². The Bertz CT molecular complexity index is 628. The van der Waals surface area contributed by atoms with Crippen LogP contribution in [0.2, 0.25) is 0 Å². The summed E-state index contributed by atoms with van der Waals surface area (Å²) < 4.78 is 11.4. The van der Waals surface area contributed by atoms with Crippen molar-refractivity contribution in [2.24, 2.45) is 0 Å². The molecule has 2 rings (SSSR count). The number of hydrogen-bond acceptors (Lipinski definition) is 4. The van der Waals surface area contributed by atoms with E-state index in [0.29, 0.717) is 23.6 Å². The van der Waals surface area contributed by atoms with Crippen LogP contribution in [0.15, 0.2) is 29.6 Å². The number of benzene rings is 1. The van der Waals surface area contributed by atoms with Crippen LogP contribution in [0.3, 0.4) is 0 Å². The molecule has 0 bridgehead atoms. The molecule has 1 aromatic heterocycles. The summed E-state index contributed by atoms with van der Waals surface area (Å²) in [4.78, 5) is 15.4. The minimum Gasteiger partial charge on any atom is -0.493 e. The van der Waals surface area contributed by atoms with E-state index >= 15 is 0 Å². The van der Waals surface area contributed by atoms with Crippen molar-refractivity contribution in [1.82, 2.24) is 4.90 Å². The minimum atomic E-state index is -0.0336. The number of ether oxygens (including phenoxy) is 2. The Kier molecular flexibility index (Phi) is 5.46. The second-order valence-electron chi connectivity index (χ2n) is 4.43. The van der Waals surface area contributed by atoms with E-state index in [0.717, 1.165) is 8.45 Å². The van der Waals surface area contributed by atoms with Gasteiger partial charge in [-0.2, -0.15) is 0 Å². The molecule has 0 aliphatic carbocycles. The highest BCUT2D eigenvalue weighted by Crippen LogP contribution is 2.32. The van der Waals surface area contributed by atoms with E-state index in [4.69, 9.17) is 9.47 Å². The Morgan fingerprint density at radius 3 is 2.52 bits per heavy atom. The topological polar surface area (TPSA) is 38.8 Å². The Balaban J connectivity index is 2.25. The van der Waals surface area contributed by atoms with Gasteiger partial charge in [-0.05, 0) is 46.2 Å². The third kappa shape index (κ3) is 3.68. The molecule has 0 saturated heterocycles. The molecule has 1 amide bonds. The lowest BCUT2D eigenvalue weighted by molar-refractivity contribution is 0.0785. The molecule has 112 valence electrons. The predicted octanol–water partition coefficient (Wildman–Crippen LogP) is 3.64. The van der Waals surface area contributed by atoms with E-state index < -0.39 is 0 Å². The van der Waals surface area contributed by atoms with Crippen molar-refractivity contribution in [3.05, 3.63) is 43.7 Å². The van der Waals surface area contributed by atoms with Crippen molar-refractivity contribution in [1.29, 1.82) is 0 Å². The fourth-order valence-corrected chi connectivity index (χ4v) is 3.36. The molecule has 1 aromatic carbocycles. The zero-order chi connectivity index (χ0) is 15.4. The summed E-state index contributed by atoms with van der Waals surface area (Å²) in [6.45, 7) is 0.598. The van der Waals surface area contributed by atoms with Crippen molar-refractivity contribution < 1.29 is 14.3 Å². The van der Waals surface area contributed by atoms with Crippen LogP contribution < -0.4 is 9.47 Å². The summed E-state index contributed by atoms with van der Waals surface area (Å²) in [6.07, 6.45) is 0. The first-order valence-corrected chi connectivity index (χ1v) is 8.22. The van der Waals surface area contributed by atoms with E-state index in [9.17, 15) is 4.79 Å². The zero-order valence-electron chi connectivity index (χ0n) is 12.1. The number of nitrogens with zero attached hydrogens (tertiary/aromatic N) is 1. The Morgan fingerprint density at radius 2 is 1.95 bits per heavy atom. The van der Waals surface area contributed by atoms with Gasteiger partial charge < -0.3 is 14.4 Å². The van der Waals surface area contributed by atoms with Gasteiger partial charge in [-0.1, -0.05) is 6.07 Å². The van der Waals surface area contributed by atoms with Gasteiger partial charge in [0.25, 0.3) is 5.91 Å². The van der Waals surface area contributed by atoms with Gasteiger partial charge >= 0.3 is 0 Å². The Hall–Kier alpha value is -1.28. The van der Waals surface area contributed by atoms with Gasteiger partial charge in [0.15, 0.2) is 11.5 Å². The first-order chi connectivity index (χ1) is 10.1. The number of halogens is 1. The standard InChI is InChI=1S/C15H16INO3S/c1-17(9-10-5-4-6-21-10)15(18)11-7-13(19-2)14(20-3)8-12(11)16/h4-8H,9H2,1-3H3. The molecule has 0 aliphatic heterocycles. The van der Waals surface area contributed by atoms with Crippen LogP contribution in [0.4, 0.5) is 0 Å². The third-order valence-electron chi connectivity index (χ3n) is 3.02. The van der Waals surface area contributed by atoms with Crippen LogP contribution >= 0.6 is 33.9 Å². The first kappa shape index (κ1) is 16.1. The lowest BCUT2D eigenvalue weighted by Crippen LogP contribution is -2.26. The van der Waals surface area contributed by atoms with Gasteiger partial charge in [-0.15, -0.1) is 11.3 Å². The van der Waals surface area contributed by atoms with Crippen LogP contribution in [0.5, 0.6) is 11.5 Å². The second kappa shape index (κ2) is 7.13. The number of methoxy groups -OCH3 is 2. The summed E-state index contributed by atoms with van der Waals surface area (Å²) in [5.74, 6) is 1.15. The molecule has 6 heteroatoms. The number of hydrogen-bond donors (Lipinski definition) is 0. The summed E-state index contributed by atoms with van der Waals surface area (Å²) in [7, 11) is 4.95. The molecule has 2 aromatic rings. The smallest absolute Gasteiger partial charge is 0.255 e. The second-order valence-corrected chi connectivity index (χ2v) is 6.62. The summed E-state index contributed by atoms with van der Waals surface area (Å²) in [5, 5.41) is 2.01. The van der Waals surface area contributed by atoms with Crippen molar-refractivity contribution in [3.63, 3.8) is 0 Å². The van der Waals surface area contributed by atoms with Crippen LogP contribution in [0, 0.1) is 3.57 Å². The van der Waals surface area contributed by atoms with E-state index in [1.54, 1.807) is 43.6 Å². The lowest BCUT2D eigenvalue weighted by Gasteiger charge is -2.18. The van der Waals surface area contributed by atoms with E-state index in [1.807, 2.05) is 23.6 Å². The average molecular weight is 417 g/mol. The van der Waals surface area contributed by atoms with Crippen LogP contribution in [0.25, 0.3) is 0 Å². The first-order valence-electron chi connectivity index (χ1n) is 6.26. The maximum Gasteiger partial charge on any atom is 0.255 e. The molecule has 0 fully saturated rings. The van der Waals surface area contributed by atoms with Crippen molar-refractivity contribution in [3.8, 4) is 11.5 Å². The maximum absolute atomic E-state index is 12.6. The quantitative estimate of drug-likeness (QED) is 0.698. The van der Waals surface area contributed by atoms with Gasteiger partial charge in [0, 0.05) is 15.5 Å².